The molecule has 0 radical (unpaired) electrons. The third kappa shape index (κ3) is 4.74. The number of hydrogen-bond donors (Lipinski definition) is 2. The van der Waals surface area contributed by atoms with E-state index in [1.807, 2.05) is 12.1 Å². The summed E-state index contributed by atoms with van der Waals surface area (Å²) >= 11 is 0. The number of rotatable bonds is 8. The first-order chi connectivity index (χ1) is 15.1. The Kier molecular flexibility index (Phi) is 6.26. The van der Waals surface area contributed by atoms with Gasteiger partial charge in [0.25, 0.3) is 0 Å². The number of amides is 1. The first kappa shape index (κ1) is 21.0. The van der Waals surface area contributed by atoms with Gasteiger partial charge in [0, 0.05) is 43.6 Å². The molecule has 0 aliphatic carbocycles. The van der Waals surface area contributed by atoms with Crippen molar-refractivity contribution in [3.05, 3.63) is 41.5 Å². The Morgan fingerprint density at radius 3 is 2.90 bits per heavy atom. The zero-order valence-corrected chi connectivity index (χ0v) is 17.7. The minimum absolute atomic E-state index is 0.0723. The van der Waals surface area contributed by atoms with Crippen LogP contribution in [-0.2, 0) is 21.4 Å². The number of benzene rings is 1. The highest BCUT2D eigenvalue weighted by molar-refractivity contribution is 5.76. The normalized spacial score (nSPS) is 15.5. The third-order valence-corrected chi connectivity index (χ3v) is 5.66. The molecular weight excluding hydrogens is 400 g/mol. The molecule has 2 N–H and O–H groups in total. The molecule has 164 valence electrons. The number of nitrogens with one attached hydrogen (secondary N) is 2. The van der Waals surface area contributed by atoms with Crippen molar-refractivity contribution in [1.29, 1.82) is 0 Å². The molecule has 1 aliphatic heterocycles. The molecule has 1 fully saturated rings. The van der Waals surface area contributed by atoms with Crippen molar-refractivity contribution < 1.29 is 18.8 Å². The minimum Gasteiger partial charge on any atom is -0.496 e. The van der Waals surface area contributed by atoms with Crippen molar-refractivity contribution in [1.82, 2.24) is 30.6 Å². The van der Waals surface area contributed by atoms with E-state index in [1.54, 1.807) is 7.11 Å². The van der Waals surface area contributed by atoms with Crippen LogP contribution in [0.4, 0.5) is 0 Å². The lowest BCUT2D eigenvalue weighted by molar-refractivity contribution is -0.121. The van der Waals surface area contributed by atoms with E-state index in [9.17, 15) is 4.79 Å². The minimum atomic E-state index is -0.227. The fourth-order valence-electron chi connectivity index (χ4n) is 3.88. The molecule has 2 aromatic heterocycles. The lowest BCUT2D eigenvalue weighted by Gasteiger charge is -2.38. The Bertz CT molecular complexity index is 1010. The van der Waals surface area contributed by atoms with Crippen molar-refractivity contribution in [2.75, 3.05) is 26.9 Å². The summed E-state index contributed by atoms with van der Waals surface area (Å²) in [5, 5.41) is 13.4. The highest BCUT2D eigenvalue weighted by atomic mass is 16.5. The number of methoxy groups -OCH3 is 1. The number of hydrogen-bond acceptors (Lipinski definition) is 8. The van der Waals surface area contributed by atoms with Gasteiger partial charge < -0.3 is 19.3 Å². The fourth-order valence-corrected chi connectivity index (χ4v) is 3.88. The van der Waals surface area contributed by atoms with Gasteiger partial charge in [-0.2, -0.15) is 10.1 Å². The van der Waals surface area contributed by atoms with Crippen LogP contribution < -0.4 is 10.1 Å². The van der Waals surface area contributed by atoms with Crippen LogP contribution in [0.25, 0.3) is 11.6 Å². The summed E-state index contributed by atoms with van der Waals surface area (Å²) in [5.41, 5.74) is 2.05. The van der Waals surface area contributed by atoms with E-state index in [0.717, 1.165) is 29.7 Å². The van der Waals surface area contributed by atoms with E-state index in [1.165, 1.54) is 6.33 Å². The average molecular weight is 426 g/mol. The SMILES string of the molecule is COc1ccc(C)cc1C1(CNC(=O)CCc2nc(-c3ncn[nH]3)no2)CCOCC1. The molecule has 1 saturated heterocycles. The maximum absolute atomic E-state index is 12.6. The summed E-state index contributed by atoms with van der Waals surface area (Å²) in [6.45, 7) is 3.88. The van der Waals surface area contributed by atoms with Crippen LogP contribution in [-0.4, -0.2) is 58.1 Å². The molecule has 1 aliphatic rings. The lowest BCUT2D eigenvalue weighted by Crippen LogP contribution is -2.45. The largest absolute Gasteiger partial charge is 0.496 e. The van der Waals surface area contributed by atoms with Gasteiger partial charge in [-0.1, -0.05) is 22.9 Å². The van der Waals surface area contributed by atoms with Crippen LogP contribution >= 0.6 is 0 Å². The van der Waals surface area contributed by atoms with Gasteiger partial charge in [0.05, 0.1) is 7.11 Å². The number of H-pyrrole nitrogens is 1. The van der Waals surface area contributed by atoms with E-state index in [0.29, 0.717) is 43.7 Å². The molecule has 1 amide bonds. The summed E-state index contributed by atoms with van der Waals surface area (Å²) in [5.74, 6) is 1.89. The molecule has 0 unspecified atom stereocenters. The lowest BCUT2D eigenvalue weighted by atomic mass is 9.73. The van der Waals surface area contributed by atoms with E-state index < -0.39 is 0 Å². The highest BCUT2D eigenvalue weighted by Crippen LogP contribution is 2.40. The molecule has 4 rings (SSSR count). The number of aryl methyl sites for hydroxylation is 2. The van der Waals surface area contributed by atoms with Crippen molar-refractivity contribution >= 4 is 5.91 Å². The quantitative estimate of drug-likeness (QED) is 0.559. The van der Waals surface area contributed by atoms with Crippen molar-refractivity contribution in [3.63, 3.8) is 0 Å². The second-order valence-corrected chi connectivity index (χ2v) is 7.72. The van der Waals surface area contributed by atoms with Gasteiger partial charge in [-0.25, -0.2) is 4.98 Å². The average Bonchev–Trinajstić information content (AvgIpc) is 3.49. The molecular formula is C21H26N6O4. The van der Waals surface area contributed by atoms with E-state index in [4.69, 9.17) is 14.0 Å². The molecule has 0 atom stereocenters. The van der Waals surface area contributed by atoms with Gasteiger partial charge in [0.1, 0.15) is 12.1 Å². The number of carbonyl (C=O) groups excluding carboxylic acids is 1. The molecule has 10 nitrogen and oxygen atoms in total. The monoisotopic (exact) mass is 426 g/mol. The topological polar surface area (TPSA) is 128 Å². The number of aromatic nitrogens is 5. The highest BCUT2D eigenvalue weighted by Gasteiger charge is 2.37. The van der Waals surface area contributed by atoms with E-state index >= 15 is 0 Å². The van der Waals surface area contributed by atoms with Gasteiger partial charge in [0.2, 0.25) is 17.6 Å². The predicted octanol–water partition coefficient (Wildman–Crippen LogP) is 1.97. The van der Waals surface area contributed by atoms with Gasteiger partial charge in [-0.3, -0.25) is 9.89 Å². The Morgan fingerprint density at radius 2 is 2.16 bits per heavy atom. The molecule has 3 heterocycles. The first-order valence-electron chi connectivity index (χ1n) is 10.3. The maximum atomic E-state index is 12.6. The van der Waals surface area contributed by atoms with Gasteiger partial charge in [-0.05, 0) is 25.8 Å². The Morgan fingerprint density at radius 1 is 1.32 bits per heavy atom. The predicted molar refractivity (Wildman–Crippen MR) is 110 cm³/mol. The summed E-state index contributed by atoms with van der Waals surface area (Å²) in [4.78, 5) is 20.8. The molecule has 0 saturated carbocycles. The molecule has 1 aromatic carbocycles. The summed E-state index contributed by atoms with van der Waals surface area (Å²) < 4.78 is 16.4. The van der Waals surface area contributed by atoms with Gasteiger partial charge >= 0.3 is 0 Å². The van der Waals surface area contributed by atoms with Crippen LogP contribution in [0, 0.1) is 6.92 Å². The number of nitrogens with zero attached hydrogens (tertiary/aromatic N) is 4. The van der Waals surface area contributed by atoms with E-state index in [-0.39, 0.29) is 17.7 Å². The zero-order chi connectivity index (χ0) is 21.7. The van der Waals surface area contributed by atoms with Crippen molar-refractivity contribution in [2.24, 2.45) is 0 Å². The zero-order valence-electron chi connectivity index (χ0n) is 17.7. The first-order valence-corrected chi connectivity index (χ1v) is 10.3. The van der Waals surface area contributed by atoms with Crippen LogP contribution in [0.5, 0.6) is 5.75 Å². The molecule has 0 bridgehead atoms. The number of carbonyl (C=O) groups is 1. The number of ether oxygens (including phenoxy) is 2. The second-order valence-electron chi connectivity index (χ2n) is 7.72. The Labute approximate surface area is 179 Å². The molecule has 31 heavy (non-hydrogen) atoms. The standard InChI is InChI=1S/C21H26N6O4/c1-14-3-4-16(29-2)15(11-14)21(7-9-30-10-8-21)12-22-17(28)5-6-18-25-20(27-31-18)19-23-13-24-26-19/h3-4,11,13H,5-10,12H2,1-2H3,(H,22,28)(H,23,24,26). The third-order valence-electron chi connectivity index (χ3n) is 5.66. The van der Waals surface area contributed by atoms with Gasteiger partial charge in [-0.15, -0.1) is 0 Å². The Balaban J connectivity index is 1.40. The van der Waals surface area contributed by atoms with Crippen LogP contribution in [0.15, 0.2) is 29.0 Å². The van der Waals surface area contributed by atoms with E-state index in [2.05, 4.69) is 43.6 Å². The maximum Gasteiger partial charge on any atom is 0.239 e. The van der Waals surface area contributed by atoms with Gasteiger partial charge in [0.15, 0.2) is 5.82 Å². The smallest absolute Gasteiger partial charge is 0.239 e. The van der Waals surface area contributed by atoms with Crippen molar-refractivity contribution in [2.45, 2.75) is 38.0 Å². The fraction of sp³-hybridized carbons (Fsp3) is 0.476. The number of aromatic amines is 1. The Hall–Kier alpha value is -3.27. The van der Waals surface area contributed by atoms with Crippen LogP contribution in [0.1, 0.15) is 36.3 Å². The van der Waals surface area contributed by atoms with Crippen LogP contribution in [0.2, 0.25) is 0 Å². The molecule has 3 aromatic rings. The summed E-state index contributed by atoms with van der Waals surface area (Å²) in [7, 11) is 1.68. The summed E-state index contributed by atoms with van der Waals surface area (Å²) in [6.07, 6.45) is 3.59. The van der Waals surface area contributed by atoms with Crippen LogP contribution in [0.3, 0.4) is 0 Å². The summed E-state index contributed by atoms with van der Waals surface area (Å²) in [6, 6.07) is 6.18. The molecule has 0 spiro atoms. The second kappa shape index (κ2) is 9.25. The van der Waals surface area contributed by atoms with Crippen molar-refractivity contribution in [3.8, 4) is 17.4 Å². The molecule has 10 heteroatoms.